The number of rotatable bonds is 8. The summed E-state index contributed by atoms with van der Waals surface area (Å²) in [5, 5.41) is 0. The van der Waals surface area contributed by atoms with E-state index in [1.165, 1.54) is 0 Å². The Morgan fingerprint density at radius 2 is 1.84 bits per heavy atom. The van der Waals surface area contributed by atoms with Gasteiger partial charge in [0.2, 0.25) is 17.5 Å². The number of piperidine rings is 1. The van der Waals surface area contributed by atoms with Gasteiger partial charge in [0.15, 0.2) is 5.69 Å². The molecule has 0 bridgehead atoms. The number of nitrogens with zero attached hydrogens (tertiary/aromatic N) is 3. The van der Waals surface area contributed by atoms with Gasteiger partial charge in [-0.05, 0) is 66.8 Å². The van der Waals surface area contributed by atoms with Crippen molar-refractivity contribution >= 4 is 29.2 Å². The van der Waals surface area contributed by atoms with Crippen molar-refractivity contribution in [3.63, 3.8) is 0 Å². The number of anilines is 2. The van der Waals surface area contributed by atoms with Crippen molar-refractivity contribution in [2.75, 3.05) is 29.4 Å². The Labute approximate surface area is 248 Å². The van der Waals surface area contributed by atoms with Gasteiger partial charge >= 0.3 is 6.18 Å². The molecule has 1 unspecified atom stereocenters. The monoisotopic (exact) mass is 593 g/mol. The number of halogens is 3. The number of Topliss-reactive ketones (excluding diaryl/α,β-unsaturated/α-hetero) is 2. The van der Waals surface area contributed by atoms with Gasteiger partial charge < -0.3 is 14.2 Å². The molecule has 1 amide bonds. The van der Waals surface area contributed by atoms with Crippen LogP contribution in [0.2, 0.25) is 0 Å². The molecule has 3 heterocycles. The van der Waals surface area contributed by atoms with Gasteiger partial charge in [0.05, 0.1) is 0 Å². The minimum Gasteiger partial charge on any atom is -0.420 e. The first-order valence-electron chi connectivity index (χ1n) is 14.9. The van der Waals surface area contributed by atoms with E-state index < -0.39 is 23.4 Å². The molecule has 7 nitrogen and oxygen atoms in total. The minimum atomic E-state index is -4.82. The van der Waals surface area contributed by atoms with Crippen LogP contribution in [0.25, 0.3) is 0 Å². The maximum absolute atomic E-state index is 13.8. The molecular formula is C33H34F3N3O4. The average molecular weight is 594 g/mol. The third kappa shape index (κ3) is 5.96. The van der Waals surface area contributed by atoms with E-state index in [2.05, 4.69) is 4.98 Å². The van der Waals surface area contributed by atoms with Gasteiger partial charge in [-0.25, -0.2) is 0 Å². The molecule has 0 spiro atoms. The second-order valence-corrected chi connectivity index (χ2v) is 12.2. The number of benzene rings is 2. The van der Waals surface area contributed by atoms with Gasteiger partial charge in [0, 0.05) is 50.0 Å². The number of fused-ring (bicyclic) bond motifs is 1. The molecule has 3 atom stereocenters. The predicted molar refractivity (Wildman–Crippen MR) is 154 cm³/mol. The van der Waals surface area contributed by atoms with Crippen LogP contribution in [0.15, 0.2) is 46.9 Å². The van der Waals surface area contributed by atoms with Gasteiger partial charge in [-0.15, -0.1) is 0 Å². The number of amides is 1. The molecule has 2 aliphatic heterocycles. The Morgan fingerprint density at radius 1 is 1.05 bits per heavy atom. The van der Waals surface area contributed by atoms with E-state index in [-0.39, 0.29) is 41.9 Å². The van der Waals surface area contributed by atoms with Crippen LogP contribution in [0.3, 0.4) is 0 Å². The van der Waals surface area contributed by atoms with Crippen LogP contribution < -0.4 is 9.80 Å². The van der Waals surface area contributed by atoms with E-state index in [1.807, 2.05) is 38.1 Å². The summed E-state index contributed by atoms with van der Waals surface area (Å²) in [6.07, 6.45) is -1.90. The van der Waals surface area contributed by atoms with Crippen LogP contribution in [-0.4, -0.2) is 42.1 Å². The molecule has 3 aromatic rings. The summed E-state index contributed by atoms with van der Waals surface area (Å²) in [6, 6.07) is 12.7. The van der Waals surface area contributed by atoms with Crippen LogP contribution >= 0.6 is 0 Å². The Kier molecular flexibility index (Phi) is 7.64. The molecule has 0 radical (unpaired) electrons. The molecular weight excluding hydrogens is 559 g/mol. The van der Waals surface area contributed by atoms with Crippen LogP contribution in [-0.2, 0) is 35.0 Å². The van der Waals surface area contributed by atoms with Crippen LogP contribution in [0.1, 0.15) is 64.7 Å². The number of aromatic nitrogens is 1. The lowest BCUT2D eigenvalue weighted by Crippen LogP contribution is -2.34. The third-order valence-electron chi connectivity index (χ3n) is 8.88. The molecule has 226 valence electrons. The smallest absolute Gasteiger partial charge is 0.420 e. The Hall–Kier alpha value is -3.95. The first-order chi connectivity index (χ1) is 20.5. The van der Waals surface area contributed by atoms with E-state index in [0.717, 1.165) is 35.2 Å². The molecule has 10 heteroatoms. The molecule has 3 aliphatic rings. The van der Waals surface area contributed by atoms with Gasteiger partial charge in [-0.2, -0.15) is 18.2 Å². The summed E-state index contributed by atoms with van der Waals surface area (Å²) in [6.45, 7) is 5.49. The highest BCUT2D eigenvalue weighted by molar-refractivity contribution is 6.03. The summed E-state index contributed by atoms with van der Waals surface area (Å²) in [7, 11) is 0. The highest BCUT2D eigenvalue weighted by atomic mass is 19.4. The highest BCUT2D eigenvalue weighted by Gasteiger charge is 2.50. The summed E-state index contributed by atoms with van der Waals surface area (Å²) >= 11 is 0. The zero-order valence-electron chi connectivity index (χ0n) is 24.2. The lowest BCUT2D eigenvalue weighted by molar-refractivity contribution is -0.141. The molecule has 2 fully saturated rings. The standard InChI is InChI=1S/C33H34F3N3O4/c1-19-6-5-12-38(18-19)32-37-30(33(34,35)36)29(43-32)28(41)15-21-9-10-26-23(14-21)11-13-39(26)31(42)25-17-24(25)27(40)16-22-8-4-3-7-20(22)2/h3-4,7-10,14,19,24-25H,5-6,11-13,15-18H2,1-2H3/t19?,24-,25-/m0/s1. The molecule has 43 heavy (non-hydrogen) atoms. The topological polar surface area (TPSA) is 83.7 Å². The number of carbonyl (C=O) groups excluding carboxylic acids is 3. The number of ketones is 2. The fourth-order valence-electron chi connectivity index (χ4n) is 6.40. The molecule has 0 N–H and O–H groups in total. The number of hydrogen-bond donors (Lipinski definition) is 0. The first kappa shape index (κ1) is 29.1. The lowest BCUT2D eigenvalue weighted by atomic mass is 10.0. The fourth-order valence-corrected chi connectivity index (χ4v) is 6.40. The average Bonchev–Trinajstić information content (AvgIpc) is 3.44. The summed E-state index contributed by atoms with van der Waals surface area (Å²) in [4.78, 5) is 46.4. The maximum atomic E-state index is 13.8. The second kappa shape index (κ2) is 11.3. The third-order valence-corrected chi connectivity index (χ3v) is 8.88. The zero-order chi connectivity index (χ0) is 30.5. The van der Waals surface area contributed by atoms with Gasteiger partial charge in [-0.3, -0.25) is 14.4 Å². The molecule has 2 aromatic carbocycles. The van der Waals surface area contributed by atoms with Crippen LogP contribution in [0.4, 0.5) is 24.9 Å². The van der Waals surface area contributed by atoms with Crippen LogP contribution in [0.5, 0.6) is 0 Å². The summed E-state index contributed by atoms with van der Waals surface area (Å²) < 4.78 is 47.0. The first-order valence-corrected chi connectivity index (χ1v) is 14.9. The largest absolute Gasteiger partial charge is 0.437 e. The Balaban J connectivity index is 1.13. The van der Waals surface area contributed by atoms with E-state index >= 15 is 0 Å². The number of oxazole rings is 1. The fraction of sp³-hybridized carbons (Fsp3) is 0.455. The Bertz CT molecular complexity index is 1580. The number of alkyl halides is 3. The minimum absolute atomic E-state index is 0.0736. The maximum Gasteiger partial charge on any atom is 0.437 e. The normalized spacial score (nSPS) is 21.6. The van der Waals surface area contributed by atoms with E-state index in [9.17, 15) is 27.6 Å². The van der Waals surface area contributed by atoms with Crippen molar-refractivity contribution in [1.82, 2.24) is 4.98 Å². The van der Waals surface area contributed by atoms with Crippen molar-refractivity contribution in [2.24, 2.45) is 17.8 Å². The number of hydrogen-bond acceptors (Lipinski definition) is 6. The zero-order valence-corrected chi connectivity index (χ0v) is 24.2. The SMILES string of the molecule is Cc1ccccc1CC(=O)[C@H]1C[C@@H]1C(=O)N1CCc2cc(CC(=O)c3oc(N4CCCC(C)C4)nc3C(F)(F)F)ccc21. The van der Waals surface area contributed by atoms with Crippen molar-refractivity contribution in [3.05, 3.63) is 76.2 Å². The highest BCUT2D eigenvalue weighted by Crippen LogP contribution is 2.44. The molecule has 6 rings (SSSR count). The van der Waals surface area contributed by atoms with Crippen molar-refractivity contribution in [3.8, 4) is 0 Å². The Morgan fingerprint density at radius 3 is 2.58 bits per heavy atom. The van der Waals surface area contributed by atoms with E-state index in [0.29, 0.717) is 44.5 Å². The quantitative estimate of drug-likeness (QED) is 0.298. The molecule has 1 aromatic heterocycles. The second-order valence-electron chi connectivity index (χ2n) is 12.2. The van der Waals surface area contributed by atoms with E-state index in [1.54, 1.807) is 28.0 Å². The van der Waals surface area contributed by atoms with Gasteiger partial charge in [-0.1, -0.05) is 43.3 Å². The summed E-state index contributed by atoms with van der Waals surface area (Å²) in [5.74, 6) is -1.91. The van der Waals surface area contributed by atoms with Crippen molar-refractivity contribution in [2.45, 2.75) is 58.5 Å². The lowest BCUT2D eigenvalue weighted by Gasteiger charge is -2.29. The predicted octanol–water partition coefficient (Wildman–Crippen LogP) is 6.00. The molecule has 1 aliphatic carbocycles. The van der Waals surface area contributed by atoms with Gasteiger partial charge in [0.1, 0.15) is 5.78 Å². The molecule has 1 saturated carbocycles. The van der Waals surface area contributed by atoms with E-state index in [4.69, 9.17) is 4.42 Å². The number of aryl methyl sites for hydroxylation is 1. The van der Waals surface area contributed by atoms with Gasteiger partial charge in [0.25, 0.3) is 6.01 Å². The van der Waals surface area contributed by atoms with Crippen molar-refractivity contribution in [1.29, 1.82) is 0 Å². The van der Waals surface area contributed by atoms with Crippen LogP contribution in [0, 0.1) is 24.7 Å². The summed E-state index contributed by atoms with van der Waals surface area (Å²) in [5.41, 5.74) is 2.84. The molecule has 1 saturated heterocycles. The number of carbonyl (C=O) groups is 3. The van der Waals surface area contributed by atoms with Crippen molar-refractivity contribution < 1.29 is 32.0 Å².